The van der Waals surface area contributed by atoms with Gasteiger partial charge in [-0.05, 0) is 6.42 Å². The van der Waals surface area contributed by atoms with Crippen LogP contribution in [0.2, 0.25) is 0 Å². The molecule has 0 bridgehead atoms. The maximum atomic E-state index is 12.2. The monoisotopic (exact) mass is 352 g/mol. The summed E-state index contributed by atoms with van der Waals surface area (Å²) in [5.74, 6) is -0.322. The second-order valence-electron chi connectivity index (χ2n) is 6.86. The molecule has 3 atom stereocenters. The van der Waals surface area contributed by atoms with Crippen LogP contribution in [0.3, 0.4) is 0 Å². The summed E-state index contributed by atoms with van der Waals surface area (Å²) in [5, 5.41) is 6.77. The molecule has 3 heterocycles. The lowest BCUT2D eigenvalue weighted by Gasteiger charge is -2.35. The Bertz CT molecular complexity index is 711. The van der Waals surface area contributed by atoms with E-state index in [1.54, 1.807) is 19.0 Å². The summed E-state index contributed by atoms with van der Waals surface area (Å²) in [7, 11) is 4.95. The lowest BCUT2D eigenvalue weighted by molar-refractivity contribution is -0.134. The number of hydrogen-bond acceptors (Lipinski definition) is 6. The van der Waals surface area contributed by atoms with E-state index in [2.05, 4.69) is 20.3 Å². The molecule has 2 aliphatic heterocycles. The van der Waals surface area contributed by atoms with Crippen molar-refractivity contribution in [3.63, 3.8) is 0 Å². The summed E-state index contributed by atoms with van der Waals surface area (Å²) in [4.78, 5) is 41.6. The molecule has 1 aromatic heterocycles. The van der Waals surface area contributed by atoms with Crippen LogP contribution in [0.25, 0.3) is 0 Å². The van der Waals surface area contributed by atoms with E-state index in [1.165, 1.54) is 7.05 Å². The van der Waals surface area contributed by atoms with Crippen LogP contribution in [0.15, 0.2) is 4.79 Å². The second kappa shape index (κ2) is 6.96. The smallest absolute Gasteiger partial charge is 0.343 e. The highest BCUT2D eigenvalue weighted by Gasteiger charge is 2.38. The van der Waals surface area contributed by atoms with Gasteiger partial charge in [0.2, 0.25) is 11.7 Å². The zero-order valence-corrected chi connectivity index (χ0v) is 14.7. The van der Waals surface area contributed by atoms with E-state index in [0.717, 1.165) is 11.1 Å². The number of aryl methyl sites for hydroxylation is 1. The molecule has 2 N–H and O–H groups in total. The lowest BCUT2D eigenvalue weighted by atomic mass is 10.1. The molecule has 0 radical (unpaired) electrons. The average Bonchev–Trinajstić information content (AvgIpc) is 3.09. The number of hydrogen-bond donors (Lipinski definition) is 2. The number of H-pyrrole nitrogens is 1. The number of fused-ring (bicyclic) bond motifs is 1. The summed E-state index contributed by atoms with van der Waals surface area (Å²) >= 11 is 0. The van der Waals surface area contributed by atoms with Gasteiger partial charge >= 0.3 is 5.69 Å². The van der Waals surface area contributed by atoms with Crippen molar-refractivity contribution < 1.29 is 14.3 Å². The van der Waals surface area contributed by atoms with Crippen molar-refractivity contribution in [2.24, 2.45) is 7.05 Å². The predicted molar refractivity (Wildman–Crippen MR) is 88.1 cm³/mol. The van der Waals surface area contributed by atoms with Crippen LogP contribution in [-0.2, 0) is 16.6 Å². The number of nitrogens with zero attached hydrogens (tertiary/aromatic N) is 4. The summed E-state index contributed by atoms with van der Waals surface area (Å²) in [5.41, 5.74) is -0.421. The van der Waals surface area contributed by atoms with E-state index in [9.17, 15) is 14.4 Å². The first-order chi connectivity index (χ1) is 11.8. The van der Waals surface area contributed by atoms with E-state index in [1.807, 2.05) is 0 Å². The summed E-state index contributed by atoms with van der Waals surface area (Å²) in [6, 6.07) is 0.202. The first-order valence-corrected chi connectivity index (χ1v) is 8.33. The Morgan fingerprint density at radius 1 is 1.40 bits per heavy atom. The molecule has 0 aliphatic carbocycles. The minimum Gasteiger partial charge on any atom is -0.375 e. The van der Waals surface area contributed by atoms with Gasteiger partial charge in [-0.25, -0.2) is 9.48 Å². The largest absolute Gasteiger partial charge is 0.375 e. The van der Waals surface area contributed by atoms with Gasteiger partial charge in [-0.3, -0.25) is 19.5 Å². The molecule has 138 valence electrons. The number of nitrogens with one attached hydrogen (secondary N) is 2. The fourth-order valence-corrected chi connectivity index (χ4v) is 3.31. The molecule has 0 saturated carbocycles. The van der Waals surface area contributed by atoms with E-state index in [0.29, 0.717) is 26.1 Å². The van der Waals surface area contributed by atoms with Crippen LogP contribution in [0.5, 0.6) is 0 Å². The van der Waals surface area contributed by atoms with Gasteiger partial charge in [0, 0.05) is 46.3 Å². The van der Waals surface area contributed by atoms with Crippen LogP contribution < -0.4 is 11.0 Å². The third kappa shape index (κ3) is 3.90. The number of carbonyl (C=O) groups excluding carboxylic acids is 2. The van der Waals surface area contributed by atoms with Gasteiger partial charge in [0.05, 0.1) is 19.1 Å². The fraction of sp³-hybridized carbons (Fsp3) is 0.733. The Morgan fingerprint density at radius 2 is 2.16 bits per heavy atom. The van der Waals surface area contributed by atoms with Gasteiger partial charge in [-0.15, -0.1) is 5.10 Å². The molecule has 1 aromatic rings. The lowest BCUT2D eigenvalue weighted by Crippen LogP contribution is -2.47. The third-order valence-corrected chi connectivity index (χ3v) is 4.71. The topological polar surface area (TPSA) is 113 Å². The van der Waals surface area contributed by atoms with Gasteiger partial charge in [-0.1, -0.05) is 0 Å². The van der Waals surface area contributed by atoms with Gasteiger partial charge < -0.3 is 15.0 Å². The van der Waals surface area contributed by atoms with Crippen LogP contribution >= 0.6 is 0 Å². The Hall–Kier alpha value is -2.20. The molecular weight excluding hydrogens is 328 g/mol. The molecule has 10 heteroatoms. The highest BCUT2D eigenvalue weighted by atomic mass is 16.5. The number of morpholine rings is 1. The maximum absolute atomic E-state index is 12.2. The van der Waals surface area contributed by atoms with Gasteiger partial charge in [0.15, 0.2) is 0 Å². The van der Waals surface area contributed by atoms with Crippen molar-refractivity contribution in [1.29, 1.82) is 0 Å². The molecule has 0 aromatic carbocycles. The van der Waals surface area contributed by atoms with Crippen molar-refractivity contribution >= 4 is 11.8 Å². The Kier molecular flexibility index (Phi) is 4.91. The molecule has 2 fully saturated rings. The van der Waals surface area contributed by atoms with Crippen molar-refractivity contribution in [3.05, 3.63) is 16.3 Å². The zero-order chi connectivity index (χ0) is 18.1. The van der Waals surface area contributed by atoms with Crippen molar-refractivity contribution in [1.82, 2.24) is 29.9 Å². The van der Waals surface area contributed by atoms with E-state index < -0.39 is 5.69 Å². The highest BCUT2D eigenvalue weighted by Crippen LogP contribution is 2.24. The van der Waals surface area contributed by atoms with Crippen LogP contribution in [0.4, 0.5) is 0 Å². The first kappa shape index (κ1) is 17.6. The minimum absolute atomic E-state index is 0.0167. The summed E-state index contributed by atoms with van der Waals surface area (Å²) in [6.07, 6.45) is 1.02. The average molecular weight is 352 g/mol. The molecule has 0 unspecified atom stereocenters. The molecule has 3 rings (SSSR count). The molecule has 25 heavy (non-hydrogen) atoms. The molecule has 2 amide bonds. The van der Waals surface area contributed by atoms with Crippen molar-refractivity contribution in [2.45, 2.75) is 31.0 Å². The van der Waals surface area contributed by atoms with Gasteiger partial charge in [0.25, 0.3) is 5.91 Å². The number of ether oxygens (including phenoxy) is 1. The fourth-order valence-electron chi connectivity index (χ4n) is 3.31. The van der Waals surface area contributed by atoms with E-state index in [-0.39, 0.29) is 35.8 Å². The molecule has 10 nitrogen and oxygen atoms in total. The molecule has 2 aliphatic rings. The quantitative estimate of drug-likeness (QED) is 0.658. The number of amides is 2. The molecule has 2 saturated heterocycles. The predicted octanol–water partition coefficient (Wildman–Crippen LogP) is -1.84. The van der Waals surface area contributed by atoms with Crippen LogP contribution in [0, 0.1) is 0 Å². The number of rotatable bonds is 4. The van der Waals surface area contributed by atoms with E-state index in [4.69, 9.17) is 4.74 Å². The van der Waals surface area contributed by atoms with Crippen molar-refractivity contribution in [2.75, 3.05) is 33.8 Å². The van der Waals surface area contributed by atoms with Gasteiger partial charge in [0.1, 0.15) is 0 Å². The first-order valence-electron chi connectivity index (χ1n) is 8.33. The van der Waals surface area contributed by atoms with E-state index >= 15 is 0 Å². The number of aromatic amines is 1. The van der Waals surface area contributed by atoms with Crippen molar-refractivity contribution in [3.8, 4) is 0 Å². The van der Waals surface area contributed by atoms with Crippen LogP contribution in [-0.4, -0.2) is 88.4 Å². The summed E-state index contributed by atoms with van der Waals surface area (Å²) < 4.78 is 6.89. The second-order valence-corrected chi connectivity index (χ2v) is 6.86. The number of carbonyl (C=O) groups is 2. The normalized spacial score (nSPS) is 26.3. The minimum atomic E-state index is -0.421. The Labute approximate surface area is 145 Å². The Morgan fingerprint density at radius 3 is 2.80 bits per heavy atom. The SMILES string of the molecule is CN(C)C(=O)C[C@H]1CN2C[C@@H](NC(=O)c3nn(C)c(=O)[nH]3)C[C@H]2CO1. The maximum Gasteiger partial charge on any atom is 0.343 e. The standard InChI is InChI=1S/C15H24N6O4/c1-19(2)12(22)5-11-7-21-6-9(4-10(21)8-25-11)16-14(23)13-17-15(24)20(3)18-13/h9-11H,4-8H2,1-3H3,(H,16,23)(H,17,18,24)/t9-,10-,11-/m0/s1. The Balaban J connectivity index is 1.54. The number of aromatic nitrogens is 3. The third-order valence-electron chi connectivity index (χ3n) is 4.71. The molecule has 0 spiro atoms. The molecular formula is C15H24N6O4. The van der Waals surface area contributed by atoms with Gasteiger partial charge in [-0.2, -0.15) is 0 Å². The highest BCUT2D eigenvalue weighted by molar-refractivity contribution is 5.90. The summed E-state index contributed by atoms with van der Waals surface area (Å²) in [6.45, 7) is 1.93. The zero-order valence-electron chi connectivity index (χ0n) is 14.7. The van der Waals surface area contributed by atoms with Crippen LogP contribution in [0.1, 0.15) is 23.5 Å².